The number of nitrogens with zero attached hydrogens (tertiary/aromatic N) is 2. The second-order valence-electron chi connectivity index (χ2n) is 7.17. The average Bonchev–Trinajstić information content (AvgIpc) is 2.72. The van der Waals surface area contributed by atoms with Gasteiger partial charge in [-0.1, -0.05) is 45.0 Å². The maximum Gasteiger partial charge on any atom is 0.279 e. The van der Waals surface area contributed by atoms with Crippen molar-refractivity contribution in [2.24, 2.45) is 0 Å². The zero-order chi connectivity index (χ0) is 21.1. The third-order valence-electron chi connectivity index (χ3n) is 4.94. The van der Waals surface area contributed by atoms with Gasteiger partial charge in [0.2, 0.25) is 5.91 Å². The van der Waals surface area contributed by atoms with Gasteiger partial charge >= 0.3 is 0 Å². The van der Waals surface area contributed by atoms with Crippen LogP contribution < -0.4 is 5.32 Å². The van der Waals surface area contributed by atoms with Crippen LogP contribution in [0.2, 0.25) is 0 Å². The molecule has 2 aromatic carbocycles. The van der Waals surface area contributed by atoms with Crippen LogP contribution in [0, 0.1) is 10.1 Å². The van der Waals surface area contributed by atoms with E-state index < -0.39 is 11.0 Å². The van der Waals surface area contributed by atoms with E-state index in [-0.39, 0.29) is 40.2 Å². The molecule has 0 aliphatic carbocycles. The third-order valence-corrected chi connectivity index (χ3v) is 4.94. The maximum absolute atomic E-state index is 12.2. The number of non-ortho nitro benzene ring substituents is 1. The Morgan fingerprint density at radius 3 is 2.45 bits per heavy atom. The summed E-state index contributed by atoms with van der Waals surface area (Å²) in [5.74, 6) is -0.0706. The molecule has 0 saturated carbocycles. The molecule has 29 heavy (non-hydrogen) atoms. The number of benzene rings is 2. The maximum atomic E-state index is 12.2. The zero-order valence-electron chi connectivity index (χ0n) is 16.5. The van der Waals surface area contributed by atoms with Crippen molar-refractivity contribution in [3.05, 3.63) is 75.5 Å². The van der Waals surface area contributed by atoms with Crippen LogP contribution in [0.25, 0.3) is 10.9 Å². The molecular weight excluding hydrogens is 370 g/mol. The van der Waals surface area contributed by atoms with E-state index in [4.69, 9.17) is 0 Å². The van der Waals surface area contributed by atoms with Gasteiger partial charge in [0.25, 0.3) is 5.69 Å². The van der Waals surface area contributed by atoms with Gasteiger partial charge in [-0.25, -0.2) is 0 Å². The van der Waals surface area contributed by atoms with Crippen LogP contribution in [-0.4, -0.2) is 20.9 Å². The largest absolute Gasteiger partial charge is 0.505 e. The highest BCUT2D eigenvalue weighted by Gasteiger charge is 2.26. The Morgan fingerprint density at radius 1 is 1.21 bits per heavy atom. The molecule has 1 heterocycles. The number of aromatic hydroxyl groups is 1. The van der Waals surface area contributed by atoms with Crippen LogP contribution in [0.4, 0.5) is 5.69 Å². The smallest absolute Gasteiger partial charge is 0.279 e. The van der Waals surface area contributed by atoms with Crippen molar-refractivity contribution in [3.8, 4) is 5.75 Å². The number of carbonyl (C=O) groups excluding carboxylic acids is 1. The molecule has 0 saturated heterocycles. The molecule has 1 atom stereocenters. The first-order chi connectivity index (χ1) is 13.8. The molecule has 3 rings (SSSR count). The first kappa shape index (κ1) is 20.3. The molecule has 0 spiro atoms. The van der Waals surface area contributed by atoms with Crippen molar-refractivity contribution in [2.75, 3.05) is 0 Å². The molecule has 0 aliphatic rings. The monoisotopic (exact) mass is 393 g/mol. The number of rotatable bonds is 6. The van der Waals surface area contributed by atoms with Crippen molar-refractivity contribution < 1.29 is 14.8 Å². The van der Waals surface area contributed by atoms with E-state index in [0.717, 1.165) is 11.1 Å². The summed E-state index contributed by atoms with van der Waals surface area (Å²) in [6, 6.07) is 11.3. The normalized spacial score (nSPS) is 12.1. The van der Waals surface area contributed by atoms with Gasteiger partial charge < -0.3 is 10.4 Å². The molecule has 3 aromatic rings. The van der Waals surface area contributed by atoms with Crippen LogP contribution in [0.1, 0.15) is 55.8 Å². The Hall–Kier alpha value is -3.48. The summed E-state index contributed by atoms with van der Waals surface area (Å²) < 4.78 is 0. The summed E-state index contributed by atoms with van der Waals surface area (Å²) in [7, 11) is 0. The molecule has 1 amide bonds. The minimum absolute atomic E-state index is 0.131. The van der Waals surface area contributed by atoms with Crippen molar-refractivity contribution in [2.45, 2.75) is 39.2 Å². The van der Waals surface area contributed by atoms with E-state index in [1.54, 1.807) is 19.1 Å². The molecular formula is C22H23N3O4. The van der Waals surface area contributed by atoms with E-state index in [0.29, 0.717) is 5.92 Å². The lowest BCUT2D eigenvalue weighted by Crippen LogP contribution is -2.28. The lowest BCUT2D eigenvalue weighted by molar-refractivity contribution is -0.383. The van der Waals surface area contributed by atoms with Crippen LogP contribution in [0.3, 0.4) is 0 Å². The van der Waals surface area contributed by atoms with Crippen LogP contribution in [-0.2, 0) is 4.79 Å². The average molecular weight is 393 g/mol. The SMILES string of the molecule is CCC(=O)N[C@@H](c1ccc(C(C)C)cc1)c1cc([N+](=O)[O-])c2cccnc2c1O. The molecule has 0 bridgehead atoms. The summed E-state index contributed by atoms with van der Waals surface area (Å²) in [5, 5.41) is 25.6. The zero-order valence-corrected chi connectivity index (χ0v) is 16.5. The Labute approximate surface area is 168 Å². The fraction of sp³-hybridized carbons (Fsp3) is 0.273. The lowest BCUT2D eigenvalue weighted by Gasteiger charge is -2.22. The van der Waals surface area contributed by atoms with E-state index in [1.165, 1.54) is 12.3 Å². The van der Waals surface area contributed by atoms with Crippen molar-refractivity contribution in [1.29, 1.82) is 0 Å². The number of carbonyl (C=O) groups is 1. The quantitative estimate of drug-likeness (QED) is 0.471. The second-order valence-corrected chi connectivity index (χ2v) is 7.17. The predicted octanol–water partition coefficient (Wildman–Crippen LogP) is 4.59. The van der Waals surface area contributed by atoms with Gasteiger partial charge in [-0.05, 0) is 29.2 Å². The summed E-state index contributed by atoms with van der Waals surface area (Å²) in [6.45, 7) is 5.88. The van der Waals surface area contributed by atoms with Crippen LogP contribution in [0.15, 0.2) is 48.7 Å². The topological polar surface area (TPSA) is 105 Å². The molecule has 7 nitrogen and oxygen atoms in total. The van der Waals surface area contributed by atoms with Gasteiger partial charge in [-0.3, -0.25) is 19.9 Å². The number of pyridine rings is 1. The fourth-order valence-electron chi connectivity index (χ4n) is 3.28. The Balaban J connectivity index is 2.22. The minimum atomic E-state index is -0.742. The number of nitrogens with one attached hydrogen (secondary N) is 1. The van der Waals surface area contributed by atoms with E-state index in [1.807, 2.05) is 24.3 Å². The van der Waals surface area contributed by atoms with Gasteiger partial charge in [-0.15, -0.1) is 0 Å². The molecule has 7 heteroatoms. The van der Waals surface area contributed by atoms with E-state index in [9.17, 15) is 20.0 Å². The van der Waals surface area contributed by atoms with Crippen molar-refractivity contribution in [3.63, 3.8) is 0 Å². The van der Waals surface area contributed by atoms with Crippen molar-refractivity contribution >= 4 is 22.5 Å². The number of amides is 1. The molecule has 1 aromatic heterocycles. The molecule has 0 radical (unpaired) electrons. The predicted molar refractivity (Wildman–Crippen MR) is 111 cm³/mol. The molecule has 150 valence electrons. The number of nitro groups is 1. The fourth-order valence-corrected chi connectivity index (χ4v) is 3.28. The lowest BCUT2D eigenvalue weighted by atomic mass is 9.93. The summed E-state index contributed by atoms with van der Waals surface area (Å²) in [5.41, 5.74) is 2.05. The number of aromatic nitrogens is 1. The number of hydrogen-bond donors (Lipinski definition) is 2. The van der Waals surface area contributed by atoms with Crippen LogP contribution >= 0.6 is 0 Å². The van der Waals surface area contributed by atoms with Gasteiger partial charge in [0.1, 0.15) is 11.3 Å². The highest BCUT2D eigenvalue weighted by molar-refractivity contribution is 5.94. The second kappa shape index (κ2) is 8.26. The first-order valence-electron chi connectivity index (χ1n) is 9.47. The highest BCUT2D eigenvalue weighted by atomic mass is 16.6. The standard InChI is InChI=1S/C22H23N3O4/c1-4-19(26)24-20(15-9-7-14(8-10-15)13(2)3)17-12-18(25(28)29)16-6-5-11-23-21(16)22(17)27/h5-13,20,27H,4H2,1-3H3,(H,24,26)/t20-/m0/s1. The number of nitro benzene ring substituents is 1. The van der Waals surface area contributed by atoms with Gasteiger partial charge in [0.15, 0.2) is 0 Å². The number of hydrogen-bond acceptors (Lipinski definition) is 5. The first-order valence-corrected chi connectivity index (χ1v) is 9.47. The number of phenols is 1. The Kier molecular flexibility index (Phi) is 5.77. The summed E-state index contributed by atoms with van der Waals surface area (Å²) in [6.07, 6.45) is 1.71. The molecule has 2 N–H and O–H groups in total. The third kappa shape index (κ3) is 4.03. The Morgan fingerprint density at radius 2 is 1.86 bits per heavy atom. The van der Waals surface area contributed by atoms with Gasteiger partial charge in [0.05, 0.1) is 16.4 Å². The van der Waals surface area contributed by atoms with Crippen molar-refractivity contribution in [1.82, 2.24) is 10.3 Å². The van der Waals surface area contributed by atoms with E-state index in [2.05, 4.69) is 24.1 Å². The van der Waals surface area contributed by atoms with Gasteiger partial charge in [-0.2, -0.15) is 0 Å². The number of fused-ring (bicyclic) bond motifs is 1. The summed E-state index contributed by atoms with van der Waals surface area (Å²) >= 11 is 0. The molecule has 0 unspecified atom stereocenters. The molecule has 0 fully saturated rings. The number of phenolic OH excluding ortho intramolecular Hbond substituents is 1. The van der Waals surface area contributed by atoms with E-state index >= 15 is 0 Å². The summed E-state index contributed by atoms with van der Waals surface area (Å²) in [4.78, 5) is 27.5. The van der Waals surface area contributed by atoms with Crippen LogP contribution in [0.5, 0.6) is 5.75 Å². The Bertz CT molecular complexity index is 1060. The molecule has 0 aliphatic heterocycles. The highest BCUT2D eigenvalue weighted by Crippen LogP contribution is 2.39. The van der Waals surface area contributed by atoms with Gasteiger partial charge in [0, 0.05) is 24.2 Å². The minimum Gasteiger partial charge on any atom is -0.505 e.